The molecule has 1 aromatic rings. The molecule has 1 atom stereocenters. The molecule has 0 aliphatic heterocycles. The lowest BCUT2D eigenvalue weighted by Crippen LogP contribution is -2.09. The molecule has 1 rings (SSSR count). The summed E-state index contributed by atoms with van der Waals surface area (Å²) >= 11 is 0. The molecule has 2 N–H and O–H groups in total. The largest absolute Gasteiger partial charge is 0.508 e. The van der Waals surface area contributed by atoms with Gasteiger partial charge in [0.05, 0.1) is 5.92 Å². The number of rotatable bonds is 3. The van der Waals surface area contributed by atoms with E-state index in [2.05, 4.69) is 13.8 Å². The van der Waals surface area contributed by atoms with Gasteiger partial charge < -0.3 is 10.2 Å². The molecule has 0 aliphatic carbocycles. The van der Waals surface area contributed by atoms with Crippen LogP contribution in [0.15, 0.2) is 12.1 Å². The molecule has 0 saturated carbocycles. The Morgan fingerprint density at radius 1 is 1.19 bits per heavy atom. The summed E-state index contributed by atoms with van der Waals surface area (Å²) in [6.07, 6.45) is 0. The first-order valence-electron chi connectivity index (χ1n) is 5.40. The number of aryl methyl sites for hydroxylation is 1. The summed E-state index contributed by atoms with van der Waals surface area (Å²) in [4.78, 5) is 10.9. The van der Waals surface area contributed by atoms with Crippen molar-refractivity contribution in [2.45, 2.75) is 39.5 Å². The molecular formula is C13H18O3. The Hall–Kier alpha value is -1.51. The van der Waals surface area contributed by atoms with Gasteiger partial charge in [0.2, 0.25) is 0 Å². The van der Waals surface area contributed by atoms with Crippen molar-refractivity contribution in [3.8, 4) is 5.75 Å². The van der Waals surface area contributed by atoms with Gasteiger partial charge in [-0.05, 0) is 37.0 Å². The van der Waals surface area contributed by atoms with E-state index in [1.807, 2.05) is 6.92 Å². The minimum absolute atomic E-state index is 0.0665. The number of benzene rings is 1. The van der Waals surface area contributed by atoms with Crippen LogP contribution in [0.3, 0.4) is 0 Å². The molecule has 0 fully saturated rings. The molecule has 0 aromatic heterocycles. The van der Waals surface area contributed by atoms with Crippen LogP contribution in [0.25, 0.3) is 0 Å². The van der Waals surface area contributed by atoms with E-state index in [9.17, 15) is 9.90 Å². The number of aromatic hydroxyl groups is 1. The first-order chi connectivity index (χ1) is 7.34. The summed E-state index contributed by atoms with van der Waals surface area (Å²) < 4.78 is 0. The summed E-state index contributed by atoms with van der Waals surface area (Å²) in [6.45, 7) is 7.60. The van der Waals surface area contributed by atoms with E-state index in [1.54, 1.807) is 19.1 Å². The highest BCUT2D eigenvalue weighted by Crippen LogP contribution is 2.32. The lowest BCUT2D eigenvalue weighted by atomic mass is 9.91. The average molecular weight is 222 g/mol. The van der Waals surface area contributed by atoms with Gasteiger partial charge in [-0.15, -0.1) is 0 Å². The van der Waals surface area contributed by atoms with Crippen molar-refractivity contribution < 1.29 is 15.0 Å². The van der Waals surface area contributed by atoms with Gasteiger partial charge in [0.25, 0.3) is 0 Å². The quantitative estimate of drug-likeness (QED) is 0.826. The molecular weight excluding hydrogens is 204 g/mol. The van der Waals surface area contributed by atoms with Crippen LogP contribution in [0.5, 0.6) is 5.75 Å². The van der Waals surface area contributed by atoms with Crippen molar-refractivity contribution in [3.63, 3.8) is 0 Å². The van der Waals surface area contributed by atoms with E-state index < -0.39 is 11.9 Å². The highest BCUT2D eigenvalue weighted by atomic mass is 16.4. The zero-order valence-corrected chi connectivity index (χ0v) is 10.1. The van der Waals surface area contributed by atoms with E-state index in [0.717, 1.165) is 11.1 Å². The van der Waals surface area contributed by atoms with Crippen molar-refractivity contribution >= 4 is 5.97 Å². The standard InChI is InChI=1S/C13H18O3/c1-7(2)10-6-11(9(4)13(15)16)12(14)5-8(10)3/h5-7,9,14H,1-4H3,(H,15,16). The number of phenolic OH excluding ortho intramolecular Hbond substituents is 1. The summed E-state index contributed by atoms with van der Waals surface area (Å²) in [5.74, 6) is -1.22. The van der Waals surface area contributed by atoms with Crippen LogP contribution in [-0.4, -0.2) is 16.2 Å². The average Bonchev–Trinajstić information content (AvgIpc) is 2.16. The summed E-state index contributed by atoms with van der Waals surface area (Å²) in [6, 6.07) is 3.44. The second-order valence-electron chi connectivity index (χ2n) is 4.48. The normalized spacial score (nSPS) is 12.8. The highest BCUT2D eigenvalue weighted by Gasteiger charge is 2.19. The van der Waals surface area contributed by atoms with E-state index in [4.69, 9.17) is 5.11 Å². The van der Waals surface area contributed by atoms with Crippen LogP contribution in [0.1, 0.15) is 49.3 Å². The van der Waals surface area contributed by atoms with Crippen molar-refractivity contribution in [1.29, 1.82) is 0 Å². The second kappa shape index (κ2) is 4.56. The monoisotopic (exact) mass is 222 g/mol. The Kier molecular flexibility index (Phi) is 3.58. The molecule has 3 nitrogen and oxygen atoms in total. The number of hydrogen-bond donors (Lipinski definition) is 2. The predicted octanol–water partition coefficient (Wildman–Crippen LogP) is 3.01. The number of aliphatic carboxylic acids is 1. The van der Waals surface area contributed by atoms with E-state index in [0.29, 0.717) is 11.5 Å². The Morgan fingerprint density at radius 2 is 1.75 bits per heavy atom. The Bertz CT molecular complexity index is 408. The summed E-state index contributed by atoms with van der Waals surface area (Å²) in [5.41, 5.74) is 2.57. The maximum absolute atomic E-state index is 10.9. The fourth-order valence-corrected chi connectivity index (χ4v) is 1.83. The summed E-state index contributed by atoms with van der Waals surface area (Å²) in [5, 5.41) is 18.7. The van der Waals surface area contributed by atoms with Crippen LogP contribution in [0, 0.1) is 6.92 Å². The SMILES string of the molecule is Cc1cc(O)c(C(C)C(=O)O)cc1C(C)C. The third-order valence-electron chi connectivity index (χ3n) is 2.87. The lowest BCUT2D eigenvalue weighted by Gasteiger charge is -2.16. The second-order valence-corrected chi connectivity index (χ2v) is 4.48. The van der Waals surface area contributed by atoms with Crippen LogP contribution >= 0.6 is 0 Å². The minimum atomic E-state index is -0.922. The molecule has 0 saturated heterocycles. The number of carbonyl (C=O) groups is 1. The van der Waals surface area contributed by atoms with Crippen molar-refractivity contribution in [3.05, 3.63) is 28.8 Å². The Balaban J connectivity index is 3.30. The zero-order chi connectivity index (χ0) is 12.5. The third-order valence-corrected chi connectivity index (χ3v) is 2.87. The van der Waals surface area contributed by atoms with E-state index in [-0.39, 0.29) is 5.75 Å². The van der Waals surface area contributed by atoms with Gasteiger partial charge in [0.1, 0.15) is 5.75 Å². The lowest BCUT2D eigenvalue weighted by molar-refractivity contribution is -0.138. The number of carboxylic acid groups (broad SMARTS) is 1. The Labute approximate surface area is 95.7 Å². The highest BCUT2D eigenvalue weighted by molar-refractivity contribution is 5.76. The topological polar surface area (TPSA) is 57.5 Å². The number of hydrogen-bond acceptors (Lipinski definition) is 2. The number of phenols is 1. The van der Waals surface area contributed by atoms with Crippen molar-refractivity contribution in [2.24, 2.45) is 0 Å². The van der Waals surface area contributed by atoms with E-state index >= 15 is 0 Å². The van der Waals surface area contributed by atoms with Crippen LogP contribution in [0.2, 0.25) is 0 Å². The van der Waals surface area contributed by atoms with Gasteiger partial charge in [0.15, 0.2) is 0 Å². The smallest absolute Gasteiger partial charge is 0.310 e. The zero-order valence-electron chi connectivity index (χ0n) is 10.1. The molecule has 0 heterocycles. The van der Waals surface area contributed by atoms with Gasteiger partial charge in [-0.25, -0.2) is 0 Å². The van der Waals surface area contributed by atoms with Crippen LogP contribution in [0.4, 0.5) is 0 Å². The molecule has 0 spiro atoms. The van der Waals surface area contributed by atoms with Crippen LogP contribution < -0.4 is 0 Å². The maximum Gasteiger partial charge on any atom is 0.310 e. The fourth-order valence-electron chi connectivity index (χ4n) is 1.83. The molecule has 0 amide bonds. The first-order valence-corrected chi connectivity index (χ1v) is 5.40. The van der Waals surface area contributed by atoms with Crippen LogP contribution in [-0.2, 0) is 4.79 Å². The molecule has 3 heteroatoms. The van der Waals surface area contributed by atoms with Gasteiger partial charge in [-0.3, -0.25) is 4.79 Å². The molecule has 1 unspecified atom stereocenters. The van der Waals surface area contributed by atoms with Crippen molar-refractivity contribution in [2.75, 3.05) is 0 Å². The molecule has 1 aromatic carbocycles. The maximum atomic E-state index is 10.9. The minimum Gasteiger partial charge on any atom is -0.508 e. The number of carboxylic acids is 1. The van der Waals surface area contributed by atoms with E-state index in [1.165, 1.54) is 0 Å². The van der Waals surface area contributed by atoms with Gasteiger partial charge in [-0.2, -0.15) is 0 Å². The fraction of sp³-hybridized carbons (Fsp3) is 0.462. The van der Waals surface area contributed by atoms with Crippen molar-refractivity contribution in [1.82, 2.24) is 0 Å². The molecule has 16 heavy (non-hydrogen) atoms. The molecule has 88 valence electrons. The Morgan fingerprint density at radius 3 is 2.19 bits per heavy atom. The van der Waals surface area contributed by atoms with Gasteiger partial charge in [0, 0.05) is 5.56 Å². The van der Waals surface area contributed by atoms with Gasteiger partial charge in [-0.1, -0.05) is 19.9 Å². The molecule has 0 radical (unpaired) electrons. The molecule has 0 aliphatic rings. The summed E-state index contributed by atoms with van der Waals surface area (Å²) in [7, 11) is 0. The predicted molar refractivity (Wildman–Crippen MR) is 63.0 cm³/mol. The van der Waals surface area contributed by atoms with Gasteiger partial charge >= 0.3 is 5.97 Å². The molecule has 0 bridgehead atoms. The third kappa shape index (κ3) is 2.35. The first kappa shape index (κ1) is 12.6.